The molecule has 1 heterocycles. The van der Waals surface area contributed by atoms with Crippen molar-refractivity contribution in [3.63, 3.8) is 0 Å². The van der Waals surface area contributed by atoms with E-state index in [0.717, 1.165) is 19.3 Å². The van der Waals surface area contributed by atoms with Gasteiger partial charge in [0.05, 0.1) is 12.5 Å². The Morgan fingerprint density at radius 2 is 2.00 bits per heavy atom. The van der Waals surface area contributed by atoms with Gasteiger partial charge in [-0.2, -0.15) is 0 Å². The summed E-state index contributed by atoms with van der Waals surface area (Å²) in [4.78, 5) is 41.9. The molecule has 0 spiro atoms. The Morgan fingerprint density at radius 1 is 1.30 bits per heavy atom. The monoisotopic (exact) mass is 323 g/mol. The smallest absolute Gasteiger partial charge is 0.286 e. The molecule has 3 N–H and O–H groups in total. The molecule has 23 heavy (non-hydrogen) atoms. The molecular formula is C14H21N5O4. The van der Waals surface area contributed by atoms with E-state index in [9.17, 15) is 19.6 Å². The molecule has 0 fully saturated rings. The van der Waals surface area contributed by atoms with Gasteiger partial charge in [-0.1, -0.05) is 26.2 Å². The van der Waals surface area contributed by atoms with Gasteiger partial charge < -0.3 is 0 Å². The first-order chi connectivity index (χ1) is 11.1. The van der Waals surface area contributed by atoms with Crippen LogP contribution in [0.2, 0.25) is 0 Å². The molecule has 0 aliphatic heterocycles. The van der Waals surface area contributed by atoms with Crippen molar-refractivity contribution in [3.8, 4) is 0 Å². The first kappa shape index (κ1) is 18.5. The molecule has 0 radical (unpaired) electrons. The highest BCUT2D eigenvalue weighted by molar-refractivity contribution is 5.92. The van der Waals surface area contributed by atoms with E-state index in [2.05, 4.69) is 20.8 Å². The molecule has 0 saturated carbocycles. The summed E-state index contributed by atoms with van der Waals surface area (Å²) in [6.45, 7) is 1.88. The van der Waals surface area contributed by atoms with Crippen molar-refractivity contribution in [2.24, 2.45) is 5.92 Å². The van der Waals surface area contributed by atoms with Crippen molar-refractivity contribution < 1.29 is 19.6 Å². The molecule has 1 atom stereocenters. The fourth-order valence-electron chi connectivity index (χ4n) is 1.91. The standard InChI is InChI=1S/C14H21N5O4/c1-2-3-4-6-11(9-19(23)10-20)13(21)17-18-14(22)12-15-7-5-8-16-12/h5,7-8,10-11,23H,2-4,6,9H2,1H3,(H,17,21)(H,18,22)/t11-/m1/s1. The zero-order valence-electron chi connectivity index (χ0n) is 12.9. The topological polar surface area (TPSA) is 125 Å². The second-order valence-electron chi connectivity index (χ2n) is 4.94. The van der Waals surface area contributed by atoms with Crippen LogP contribution < -0.4 is 10.9 Å². The molecule has 0 aliphatic rings. The Kier molecular flexibility index (Phi) is 8.22. The Labute approximate surface area is 134 Å². The van der Waals surface area contributed by atoms with Crippen LogP contribution in [-0.4, -0.2) is 45.0 Å². The van der Waals surface area contributed by atoms with Crippen molar-refractivity contribution in [2.45, 2.75) is 32.6 Å². The Hall–Kier alpha value is -2.55. The van der Waals surface area contributed by atoms with Gasteiger partial charge in [-0.15, -0.1) is 0 Å². The van der Waals surface area contributed by atoms with Crippen LogP contribution in [0.25, 0.3) is 0 Å². The third-order valence-electron chi connectivity index (χ3n) is 3.12. The summed E-state index contributed by atoms with van der Waals surface area (Å²) in [5.41, 5.74) is 4.47. The van der Waals surface area contributed by atoms with Gasteiger partial charge in [0, 0.05) is 12.4 Å². The maximum atomic E-state index is 12.1. The van der Waals surface area contributed by atoms with Crippen LogP contribution >= 0.6 is 0 Å². The lowest BCUT2D eigenvalue weighted by atomic mass is 10.0. The van der Waals surface area contributed by atoms with Gasteiger partial charge in [-0.05, 0) is 12.5 Å². The third kappa shape index (κ3) is 6.83. The van der Waals surface area contributed by atoms with Crippen molar-refractivity contribution >= 4 is 18.2 Å². The maximum absolute atomic E-state index is 12.1. The van der Waals surface area contributed by atoms with E-state index in [4.69, 9.17) is 0 Å². The van der Waals surface area contributed by atoms with E-state index in [1.54, 1.807) is 6.07 Å². The fourth-order valence-corrected chi connectivity index (χ4v) is 1.91. The number of aromatic nitrogens is 2. The van der Waals surface area contributed by atoms with Crippen LogP contribution in [0.1, 0.15) is 43.2 Å². The van der Waals surface area contributed by atoms with Crippen molar-refractivity contribution in [3.05, 3.63) is 24.3 Å². The van der Waals surface area contributed by atoms with Crippen LogP contribution in [0.4, 0.5) is 0 Å². The minimum Gasteiger partial charge on any atom is -0.286 e. The van der Waals surface area contributed by atoms with E-state index in [0.29, 0.717) is 11.5 Å². The summed E-state index contributed by atoms with van der Waals surface area (Å²) in [7, 11) is 0. The second-order valence-corrected chi connectivity index (χ2v) is 4.94. The molecule has 3 amide bonds. The van der Waals surface area contributed by atoms with Gasteiger partial charge in [0.25, 0.3) is 0 Å². The van der Waals surface area contributed by atoms with E-state index in [-0.39, 0.29) is 18.8 Å². The maximum Gasteiger partial charge on any atom is 0.307 e. The van der Waals surface area contributed by atoms with Gasteiger partial charge >= 0.3 is 5.91 Å². The molecule has 0 bridgehead atoms. The molecule has 0 saturated heterocycles. The normalized spacial score (nSPS) is 11.4. The first-order valence-corrected chi connectivity index (χ1v) is 7.36. The third-order valence-corrected chi connectivity index (χ3v) is 3.12. The fraction of sp³-hybridized carbons (Fsp3) is 0.500. The van der Waals surface area contributed by atoms with Gasteiger partial charge in [0.1, 0.15) is 0 Å². The van der Waals surface area contributed by atoms with E-state index in [1.165, 1.54) is 12.4 Å². The minimum absolute atomic E-state index is 0.0768. The highest BCUT2D eigenvalue weighted by Gasteiger charge is 2.21. The van der Waals surface area contributed by atoms with Crippen molar-refractivity contribution in [1.82, 2.24) is 25.9 Å². The molecule has 1 aromatic rings. The van der Waals surface area contributed by atoms with Gasteiger partial charge in [0.15, 0.2) is 0 Å². The quantitative estimate of drug-likeness (QED) is 0.259. The highest BCUT2D eigenvalue weighted by atomic mass is 16.5. The summed E-state index contributed by atoms with van der Waals surface area (Å²) in [5.74, 6) is -1.85. The molecule has 1 aromatic heterocycles. The van der Waals surface area contributed by atoms with Crippen LogP contribution in [0.5, 0.6) is 0 Å². The number of hydrogen-bond donors (Lipinski definition) is 3. The molecule has 9 nitrogen and oxygen atoms in total. The lowest BCUT2D eigenvalue weighted by molar-refractivity contribution is -0.154. The largest absolute Gasteiger partial charge is 0.307 e. The Morgan fingerprint density at radius 3 is 2.61 bits per heavy atom. The average Bonchev–Trinajstić information content (AvgIpc) is 2.59. The zero-order chi connectivity index (χ0) is 17.1. The van der Waals surface area contributed by atoms with Gasteiger partial charge in [0.2, 0.25) is 18.1 Å². The number of rotatable bonds is 9. The summed E-state index contributed by atoms with van der Waals surface area (Å²) in [5, 5.41) is 9.68. The zero-order valence-corrected chi connectivity index (χ0v) is 12.9. The number of hydrogen-bond acceptors (Lipinski definition) is 6. The number of hydrazine groups is 1. The van der Waals surface area contributed by atoms with Crippen LogP contribution in [0, 0.1) is 5.92 Å². The Bertz CT molecular complexity index is 511. The summed E-state index contributed by atoms with van der Waals surface area (Å²) in [6.07, 6.45) is 6.22. The molecule has 0 unspecified atom stereocenters. The Balaban J connectivity index is 2.54. The van der Waals surface area contributed by atoms with Gasteiger partial charge in [-0.25, -0.2) is 15.0 Å². The number of nitrogens with zero attached hydrogens (tertiary/aromatic N) is 3. The number of amides is 3. The summed E-state index contributed by atoms with van der Waals surface area (Å²) in [6, 6.07) is 1.56. The van der Waals surface area contributed by atoms with Crippen molar-refractivity contribution in [1.29, 1.82) is 0 Å². The highest BCUT2D eigenvalue weighted by Crippen LogP contribution is 2.11. The predicted molar refractivity (Wildman–Crippen MR) is 79.8 cm³/mol. The molecule has 0 aliphatic carbocycles. The molecular weight excluding hydrogens is 302 g/mol. The van der Waals surface area contributed by atoms with Crippen LogP contribution in [-0.2, 0) is 9.59 Å². The lowest BCUT2D eigenvalue weighted by Gasteiger charge is -2.19. The molecule has 9 heteroatoms. The van der Waals surface area contributed by atoms with Crippen LogP contribution in [0.15, 0.2) is 18.5 Å². The lowest BCUT2D eigenvalue weighted by Crippen LogP contribution is -2.47. The van der Waals surface area contributed by atoms with E-state index < -0.39 is 17.7 Å². The average molecular weight is 323 g/mol. The first-order valence-electron chi connectivity index (χ1n) is 7.36. The second kappa shape index (κ2) is 10.2. The number of nitrogens with one attached hydrogen (secondary N) is 2. The van der Waals surface area contributed by atoms with Gasteiger partial charge in [-0.3, -0.25) is 30.4 Å². The van der Waals surface area contributed by atoms with E-state index >= 15 is 0 Å². The number of carbonyl (C=O) groups excluding carboxylic acids is 3. The SMILES string of the molecule is CCCCC[C@H](CN(O)C=O)C(=O)NNC(=O)c1ncccn1. The minimum atomic E-state index is -0.650. The van der Waals surface area contributed by atoms with E-state index in [1.807, 2.05) is 6.92 Å². The number of carbonyl (C=O) groups is 3. The number of hydroxylamine groups is 2. The summed E-state index contributed by atoms with van der Waals surface area (Å²) >= 11 is 0. The van der Waals surface area contributed by atoms with Crippen molar-refractivity contribution in [2.75, 3.05) is 6.54 Å². The summed E-state index contributed by atoms with van der Waals surface area (Å²) < 4.78 is 0. The predicted octanol–water partition coefficient (Wildman–Crippen LogP) is 0.282. The molecule has 1 rings (SSSR count). The molecule has 126 valence electrons. The molecule has 0 aromatic carbocycles. The number of unbranched alkanes of at least 4 members (excludes halogenated alkanes) is 2. The van der Waals surface area contributed by atoms with Crippen LogP contribution in [0.3, 0.4) is 0 Å².